The van der Waals surface area contributed by atoms with Gasteiger partial charge in [0.2, 0.25) is 0 Å². The van der Waals surface area contributed by atoms with Crippen molar-refractivity contribution in [3.63, 3.8) is 0 Å². The Morgan fingerprint density at radius 2 is 2.05 bits per heavy atom. The molecule has 1 N–H and O–H groups in total. The molecule has 1 fully saturated rings. The molecule has 0 aliphatic carbocycles. The number of rotatable bonds is 4. The van der Waals surface area contributed by atoms with Crippen molar-refractivity contribution in [2.45, 2.75) is 71.5 Å². The average Bonchev–Trinajstić information content (AvgIpc) is 2.38. The van der Waals surface area contributed by atoms with Gasteiger partial charge in [-0.2, -0.15) is 5.26 Å². The maximum Gasteiger partial charge on any atom is 0.263 e. The quantitative estimate of drug-likeness (QED) is 0.626. The van der Waals surface area contributed by atoms with Crippen molar-refractivity contribution in [1.82, 2.24) is 10.2 Å². The van der Waals surface area contributed by atoms with Crippen LogP contribution in [0.1, 0.15) is 53.4 Å². The van der Waals surface area contributed by atoms with Gasteiger partial charge in [0.05, 0.1) is 0 Å². The average molecular weight is 263 g/mol. The van der Waals surface area contributed by atoms with Crippen molar-refractivity contribution < 1.29 is 4.79 Å². The highest BCUT2D eigenvalue weighted by Crippen LogP contribution is 2.23. The van der Waals surface area contributed by atoms with Crippen molar-refractivity contribution >= 4 is 5.91 Å². The molecule has 4 heteroatoms. The van der Waals surface area contributed by atoms with E-state index in [9.17, 15) is 10.1 Å². The Kier molecular flexibility index (Phi) is 5.88. The van der Waals surface area contributed by atoms with E-state index in [0.717, 1.165) is 19.3 Å². The van der Waals surface area contributed by atoms with Crippen LogP contribution in [0, 0.1) is 11.3 Å². The molecule has 1 aliphatic heterocycles. The van der Waals surface area contributed by atoms with Crippen LogP contribution in [0.2, 0.25) is 0 Å². The monoisotopic (exact) mass is 263 g/mol. The standard InChI is InChI=1S/C15H25N3O/c1-5-11(2)17-15(19)14(9-16)10-18-12(3)7-6-8-13(18)4/h10-13H,5-8H2,1-4H3,(H,17,19)/b14-10-. The number of carbonyl (C=O) groups excluding carboxylic acids is 1. The van der Waals surface area contributed by atoms with E-state index >= 15 is 0 Å². The first-order valence-electron chi connectivity index (χ1n) is 7.19. The molecular formula is C15H25N3O. The van der Waals surface area contributed by atoms with Crippen LogP contribution in [-0.4, -0.2) is 28.9 Å². The van der Waals surface area contributed by atoms with Gasteiger partial charge in [-0.15, -0.1) is 0 Å². The number of nitrogens with zero attached hydrogens (tertiary/aromatic N) is 2. The largest absolute Gasteiger partial charge is 0.371 e. The number of hydrogen-bond acceptors (Lipinski definition) is 3. The lowest BCUT2D eigenvalue weighted by Crippen LogP contribution is -2.41. The van der Waals surface area contributed by atoms with Crippen molar-refractivity contribution in [1.29, 1.82) is 5.26 Å². The Hall–Kier alpha value is -1.50. The highest BCUT2D eigenvalue weighted by Gasteiger charge is 2.23. The van der Waals surface area contributed by atoms with Crippen LogP contribution in [0.15, 0.2) is 11.8 Å². The zero-order valence-corrected chi connectivity index (χ0v) is 12.4. The minimum Gasteiger partial charge on any atom is -0.371 e. The maximum absolute atomic E-state index is 12.0. The molecule has 1 amide bonds. The van der Waals surface area contributed by atoms with Gasteiger partial charge in [-0.05, 0) is 46.5 Å². The van der Waals surface area contributed by atoms with E-state index in [-0.39, 0.29) is 17.5 Å². The molecule has 106 valence electrons. The lowest BCUT2D eigenvalue weighted by atomic mass is 9.98. The molecule has 1 aliphatic rings. The molecule has 0 bridgehead atoms. The first-order valence-corrected chi connectivity index (χ1v) is 7.19. The van der Waals surface area contributed by atoms with Gasteiger partial charge in [-0.1, -0.05) is 6.92 Å². The van der Waals surface area contributed by atoms with Crippen LogP contribution in [0.5, 0.6) is 0 Å². The molecule has 1 rings (SSSR count). The smallest absolute Gasteiger partial charge is 0.263 e. The van der Waals surface area contributed by atoms with E-state index in [1.54, 1.807) is 6.20 Å². The van der Waals surface area contributed by atoms with Gasteiger partial charge >= 0.3 is 0 Å². The van der Waals surface area contributed by atoms with Crippen LogP contribution < -0.4 is 5.32 Å². The zero-order valence-electron chi connectivity index (χ0n) is 12.4. The van der Waals surface area contributed by atoms with Crippen molar-refractivity contribution in [2.24, 2.45) is 0 Å². The number of nitriles is 1. The second-order valence-electron chi connectivity index (χ2n) is 5.51. The third-order valence-corrected chi connectivity index (χ3v) is 3.89. The summed E-state index contributed by atoms with van der Waals surface area (Å²) in [5.74, 6) is -0.262. The number of hydrogen-bond donors (Lipinski definition) is 1. The van der Waals surface area contributed by atoms with E-state index in [0.29, 0.717) is 12.1 Å². The Morgan fingerprint density at radius 3 is 2.53 bits per heavy atom. The Bertz CT molecular complexity index is 373. The molecule has 1 saturated heterocycles. The number of carbonyl (C=O) groups is 1. The number of amides is 1. The number of nitrogens with one attached hydrogen (secondary N) is 1. The molecule has 19 heavy (non-hydrogen) atoms. The van der Waals surface area contributed by atoms with Gasteiger partial charge in [0.15, 0.2) is 0 Å². The van der Waals surface area contributed by atoms with E-state index in [1.165, 1.54) is 6.42 Å². The second kappa shape index (κ2) is 7.18. The summed E-state index contributed by atoms with van der Waals surface area (Å²) in [5.41, 5.74) is 0.209. The minimum absolute atomic E-state index is 0.0976. The van der Waals surface area contributed by atoms with Crippen molar-refractivity contribution in [3.05, 3.63) is 11.8 Å². The molecule has 4 nitrogen and oxygen atoms in total. The van der Waals surface area contributed by atoms with Crippen LogP contribution in [0.25, 0.3) is 0 Å². The predicted octanol–water partition coefficient (Wildman–Crippen LogP) is 2.57. The molecule has 0 aromatic heterocycles. The van der Waals surface area contributed by atoms with Gasteiger partial charge in [-0.25, -0.2) is 0 Å². The summed E-state index contributed by atoms with van der Waals surface area (Å²) < 4.78 is 0. The Labute approximate surface area is 116 Å². The Morgan fingerprint density at radius 1 is 1.47 bits per heavy atom. The third kappa shape index (κ3) is 4.27. The van der Waals surface area contributed by atoms with Crippen molar-refractivity contribution in [3.8, 4) is 6.07 Å². The lowest BCUT2D eigenvalue weighted by molar-refractivity contribution is -0.117. The van der Waals surface area contributed by atoms with E-state index in [1.807, 2.05) is 19.9 Å². The van der Waals surface area contributed by atoms with Gasteiger partial charge in [0.1, 0.15) is 11.6 Å². The molecule has 3 atom stereocenters. The predicted molar refractivity (Wildman–Crippen MR) is 76.2 cm³/mol. The van der Waals surface area contributed by atoms with E-state index in [2.05, 4.69) is 24.1 Å². The van der Waals surface area contributed by atoms with Gasteiger partial charge < -0.3 is 10.2 Å². The summed E-state index contributed by atoms with van der Waals surface area (Å²) in [6, 6.07) is 2.91. The summed E-state index contributed by atoms with van der Waals surface area (Å²) in [4.78, 5) is 14.2. The lowest BCUT2D eigenvalue weighted by Gasteiger charge is -2.38. The third-order valence-electron chi connectivity index (χ3n) is 3.89. The van der Waals surface area contributed by atoms with Crippen LogP contribution >= 0.6 is 0 Å². The first-order chi connectivity index (χ1) is 8.99. The molecule has 0 radical (unpaired) electrons. The number of piperidine rings is 1. The molecule has 0 aromatic rings. The summed E-state index contributed by atoms with van der Waals surface area (Å²) in [6.07, 6.45) is 6.06. The van der Waals surface area contributed by atoms with Gasteiger partial charge in [0.25, 0.3) is 5.91 Å². The summed E-state index contributed by atoms with van der Waals surface area (Å²) in [6.45, 7) is 8.25. The molecule has 0 spiro atoms. The van der Waals surface area contributed by atoms with Crippen molar-refractivity contribution in [2.75, 3.05) is 0 Å². The fourth-order valence-electron chi connectivity index (χ4n) is 2.39. The highest BCUT2D eigenvalue weighted by molar-refractivity contribution is 5.97. The highest BCUT2D eigenvalue weighted by atomic mass is 16.1. The SMILES string of the molecule is CCC(C)NC(=O)/C(C#N)=C\N1C(C)CCCC1C. The fraction of sp³-hybridized carbons (Fsp3) is 0.733. The van der Waals surface area contributed by atoms with E-state index in [4.69, 9.17) is 0 Å². The molecular weight excluding hydrogens is 238 g/mol. The van der Waals surface area contributed by atoms with Gasteiger partial charge in [0, 0.05) is 24.3 Å². The zero-order chi connectivity index (χ0) is 14.4. The van der Waals surface area contributed by atoms with E-state index < -0.39 is 0 Å². The maximum atomic E-state index is 12.0. The second-order valence-corrected chi connectivity index (χ2v) is 5.51. The Balaban J connectivity index is 2.80. The minimum atomic E-state index is -0.262. The number of likely N-dealkylation sites (tertiary alicyclic amines) is 1. The topological polar surface area (TPSA) is 56.1 Å². The fourth-order valence-corrected chi connectivity index (χ4v) is 2.39. The molecule has 0 saturated carbocycles. The summed E-state index contributed by atoms with van der Waals surface area (Å²) in [7, 11) is 0. The summed E-state index contributed by atoms with van der Waals surface area (Å²) >= 11 is 0. The molecule has 0 aromatic carbocycles. The van der Waals surface area contributed by atoms with Crippen LogP contribution in [0.3, 0.4) is 0 Å². The normalized spacial score (nSPS) is 25.6. The molecule has 3 unspecified atom stereocenters. The van der Waals surface area contributed by atoms with Gasteiger partial charge in [-0.3, -0.25) is 4.79 Å². The summed E-state index contributed by atoms with van der Waals surface area (Å²) in [5, 5.41) is 12.0. The molecule has 1 heterocycles. The van der Waals surface area contributed by atoms with Crippen LogP contribution in [0.4, 0.5) is 0 Å². The first kappa shape index (κ1) is 15.6. The van der Waals surface area contributed by atoms with Crippen LogP contribution in [-0.2, 0) is 4.79 Å².